The smallest absolute Gasteiger partial charge is 0.191 e. The maximum atomic E-state index is 4.21. The summed E-state index contributed by atoms with van der Waals surface area (Å²) in [5, 5.41) is 6.70. The molecule has 0 heterocycles. The Bertz CT molecular complexity index is 213. The van der Waals surface area contributed by atoms with Crippen LogP contribution in [0.15, 0.2) is 4.99 Å². The quantitative estimate of drug-likeness (QED) is 0.418. The fourth-order valence-electron chi connectivity index (χ4n) is 2.39. The van der Waals surface area contributed by atoms with Crippen LogP contribution in [-0.2, 0) is 0 Å². The molecule has 1 saturated carbocycles. The van der Waals surface area contributed by atoms with E-state index in [9.17, 15) is 0 Å². The Morgan fingerprint density at radius 1 is 1.24 bits per heavy atom. The highest BCUT2D eigenvalue weighted by Gasteiger charge is 2.13. The number of thioether (sulfide) groups is 1. The van der Waals surface area contributed by atoms with Crippen LogP contribution < -0.4 is 10.6 Å². The van der Waals surface area contributed by atoms with Crippen LogP contribution in [0.25, 0.3) is 0 Å². The van der Waals surface area contributed by atoms with Crippen molar-refractivity contribution in [3.63, 3.8) is 0 Å². The molecule has 0 amide bonds. The first-order valence-electron chi connectivity index (χ1n) is 6.80. The lowest BCUT2D eigenvalue weighted by Crippen LogP contribution is -2.38. The molecule has 0 saturated heterocycles. The van der Waals surface area contributed by atoms with E-state index >= 15 is 0 Å². The van der Waals surface area contributed by atoms with Gasteiger partial charge >= 0.3 is 0 Å². The SMILES string of the molecule is CN=C(NCCCC1CCCC1)NCCSC. The number of rotatable bonds is 7. The van der Waals surface area contributed by atoms with Crippen molar-refractivity contribution in [3.8, 4) is 0 Å². The fourth-order valence-corrected chi connectivity index (χ4v) is 2.69. The van der Waals surface area contributed by atoms with Crippen molar-refractivity contribution < 1.29 is 0 Å². The molecule has 0 unspecified atom stereocenters. The first-order valence-corrected chi connectivity index (χ1v) is 8.19. The molecule has 17 heavy (non-hydrogen) atoms. The zero-order valence-electron chi connectivity index (χ0n) is 11.3. The molecule has 0 spiro atoms. The van der Waals surface area contributed by atoms with Crippen LogP contribution >= 0.6 is 11.8 Å². The summed E-state index contributed by atoms with van der Waals surface area (Å²) in [6, 6.07) is 0. The molecule has 1 fully saturated rings. The Kier molecular flexibility index (Phi) is 8.32. The van der Waals surface area contributed by atoms with Crippen molar-refractivity contribution in [1.29, 1.82) is 0 Å². The van der Waals surface area contributed by atoms with Gasteiger partial charge in [-0.25, -0.2) is 0 Å². The number of nitrogens with one attached hydrogen (secondary N) is 2. The van der Waals surface area contributed by atoms with E-state index < -0.39 is 0 Å². The van der Waals surface area contributed by atoms with Gasteiger partial charge in [0.05, 0.1) is 0 Å². The monoisotopic (exact) mass is 257 g/mol. The molecule has 1 aliphatic rings. The molecule has 0 aromatic heterocycles. The van der Waals surface area contributed by atoms with Crippen LogP contribution in [0.4, 0.5) is 0 Å². The van der Waals surface area contributed by atoms with Crippen LogP contribution in [0.3, 0.4) is 0 Å². The standard InChI is InChI=1S/C13H27N3S/c1-14-13(16-10-11-17-2)15-9-5-8-12-6-3-4-7-12/h12H,3-11H2,1-2H3,(H2,14,15,16). The van der Waals surface area contributed by atoms with E-state index in [-0.39, 0.29) is 0 Å². The van der Waals surface area contributed by atoms with Gasteiger partial charge in [-0.05, 0) is 25.0 Å². The highest BCUT2D eigenvalue weighted by Crippen LogP contribution is 2.28. The van der Waals surface area contributed by atoms with Crippen molar-refractivity contribution in [3.05, 3.63) is 0 Å². The van der Waals surface area contributed by atoms with E-state index in [2.05, 4.69) is 21.9 Å². The maximum Gasteiger partial charge on any atom is 0.191 e. The lowest BCUT2D eigenvalue weighted by Gasteiger charge is -2.12. The molecular weight excluding hydrogens is 230 g/mol. The summed E-state index contributed by atoms with van der Waals surface area (Å²) in [4.78, 5) is 4.21. The number of aliphatic imine (C=N–C) groups is 1. The molecule has 0 aromatic rings. The van der Waals surface area contributed by atoms with E-state index in [4.69, 9.17) is 0 Å². The summed E-state index contributed by atoms with van der Waals surface area (Å²) in [5.74, 6) is 3.08. The van der Waals surface area contributed by atoms with Crippen LogP contribution in [-0.4, -0.2) is 38.1 Å². The molecule has 2 N–H and O–H groups in total. The highest BCUT2D eigenvalue weighted by atomic mass is 32.2. The first-order chi connectivity index (χ1) is 8.36. The molecule has 1 rings (SSSR count). The second kappa shape index (κ2) is 9.63. The van der Waals surface area contributed by atoms with Crippen LogP contribution in [0.2, 0.25) is 0 Å². The topological polar surface area (TPSA) is 36.4 Å². The Morgan fingerprint density at radius 3 is 2.59 bits per heavy atom. The third kappa shape index (κ3) is 6.81. The number of guanidine groups is 1. The van der Waals surface area contributed by atoms with Gasteiger partial charge in [-0.1, -0.05) is 25.7 Å². The Hall–Kier alpha value is -0.380. The molecule has 0 aromatic carbocycles. The van der Waals surface area contributed by atoms with Gasteiger partial charge in [0.15, 0.2) is 5.96 Å². The second-order valence-electron chi connectivity index (χ2n) is 4.71. The van der Waals surface area contributed by atoms with Crippen molar-refractivity contribution in [1.82, 2.24) is 10.6 Å². The van der Waals surface area contributed by atoms with Gasteiger partial charge in [0.25, 0.3) is 0 Å². The summed E-state index contributed by atoms with van der Waals surface area (Å²) < 4.78 is 0. The zero-order chi connectivity index (χ0) is 12.3. The van der Waals surface area contributed by atoms with Crippen LogP contribution in [0, 0.1) is 5.92 Å². The van der Waals surface area contributed by atoms with E-state index in [1.165, 1.54) is 38.5 Å². The minimum atomic E-state index is 0.950. The molecular formula is C13H27N3S. The van der Waals surface area contributed by atoms with Gasteiger partial charge in [0, 0.05) is 25.9 Å². The van der Waals surface area contributed by atoms with E-state index in [1.807, 2.05) is 18.8 Å². The summed E-state index contributed by atoms with van der Waals surface area (Å²) in [7, 11) is 1.84. The average Bonchev–Trinajstić information content (AvgIpc) is 2.85. The maximum absolute atomic E-state index is 4.21. The molecule has 100 valence electrons. The van der Waals surface area contributed by atoms with Crippen molar-refractivity contribution in [2.24, 2.45) is 10.9 Å². The minimum absolute atomic E-state index is 0.950. The van der Waals surface area contributed by atoms with E-state index in [0.717, 1.165) is 30.7 Å². The van der Waals surface area contributed by atoms with Gasteiger partial charge in [0.2, 0.25) is 0 Å². The fraction of sp³-hybridized carbons (Fsp3) is 0.923. The zero-order valence-corrected chi connectivity index (χ0v) is 12.1. The Balaban J connectivity index is 1.99. The Labute approximate surface area is 110 Å². The van der Waals surface area contributed by atoms with Gasteiger partial charge in [-0.2, -0.15) is 11.8 Å². The van der Waals surface area contributed by atoms with Crippen LogP contribution in [0.5, 0.6) is 0 Å². The van der Waals surface area contributed by atoms with E-state index in [0.29, 0.717) is 0 Å². The number of nitrogens with zero attached hydrogens (tertiary/aromatic N) is 1. The molecule has 0 bridgehead atoms. The van der Waals surface area contributed by atoms with Gasteiger partial charge in [-0.15, -0.1) is 0 Å². The summed E-state index contributed by atoms with van der Waals surface area (Å²) in [5.41, 5.74) is 0. The largest absolute Gasteiger partial charge is 0.356 e. The highest BCUT2D eigenvalue weighted by molar-refractivity contribution is 7.98. The molecule has 0 aliphatic heterocycles. The molecule has 1 aliphatic carbocycles. The van der Waals surface area contributed by atoms with Gasteiger partial charge in [0.1, 0.15) is 0 Å². The summed E-state index contributed by atoms with van der Waals surface area (Å²) in [6.45, 7) is 2.04. The summed E-state index contributed by atoms with van der Waals surface area (Å²) >= 11 is 1.85. The van der Waals surface area contributed by atoms with E-state index in [1.54, 1.807) is 0 Å². The average molecular weight is 257 g/mol. The first kappa shape index (κ1) is 14.7. The molecule has 0 radical (unpaired) electrons. The lowest BCUT2D eigenvalue weighted by atomic mass is 10.0. The van der Waals surface area contributed by atoms with Crippen molar-refractivity contribution in [2.75, 3.05) is 32.1 Å². The number of hydrogen-bond acceptors (Lipinski definition) is 2. The second-order valence-corrected chi connectivity index (χ2v) is 5.70. The third-order valence-electron chi connectivity index (χ3n) is 3.38. The predicted octanol–water partition coefficient (Wildman–Crippen LogP) is 2.48. The minimum Gasteiger partial charge on any atom is -0.356 e. The Morgan fingerprint density at radius 2 is 1.94 bits per heavy atom. The van der Waals surface area contributed by atoms with Crippen molar-refractivity contribution in [2.45, 2.75) is 38.5 Å². The van der Waals surface area contributed by atoms with Crippen LogP contribution in [0.1, 0.15) is 38.5 Å². The van der Waals surface area contributed by atoms with Gasteiger partial charge in [-0.3, -0.25) is 4.99 Å². The predicted molar refractivity (Wildman–Crippen MR) is 78.9 cm³/mol. The van der Waals surface area contributed by atoms with Crippen molar-refractivity contribution >= 4 is 17.7 Å². The van der Waals surface area contributed by atoms with Gasteiger partial charge < -0.3 is 10.6 Å². The lowest BCUT2D eigenvalue weighted by molar-refractivity contribution is 0.481. The normalized spacial score (nSPS) is 17.4. The summed E-state index contributed by atoms with van der Waals surface area (Å²) in [6.07, 6.45) is 10.6. The number of hydrogen-bond donors (Lipinski definition) is 2. The molecule has 4 heteroatoms. The molecule has 0 atom stereocenters. The third-order valence-corrected chi connectivity index (χ3v) is 3.99. The molecule has 3 nitrogen and oxygen atoms in total.